The largest absolute Gasteiger partial charge is 0.309 e. The van der Waals surface area contributed by atoms with E-state index in [0.29, 0.717) is 16.7 Å². The quantitative estimate of drug-likeness (QED) is 0.545. The van der Waals surface area contributed by atoms with Crippen molar-refractivity contribution >= 4 is 44.2 Å². The van der Waals surface area contributed by atoms with Gasteiger partial charge in [0.1, 0.15) is 5.82 Å². The van der Waals surface area contributed by atoms with Crippen LogP contribution in [0.15, 0.2) is 36.4 Å². The number of hydrogen-bond acceptors (Lipinski definition) is 4. The zero-order valence-corrected chi connectivity index (χ0v) is 17.8. The van der Waals surface area contributed by atoms with Crippen LogP contribution in [-0.4, -0.2) is 43.0 Å². The molecule has 1 aromatic heterocycles. The molecule has 0 aliphatic heterocycles. The molecule has 0 fully saturated rings. The molecule has 7 heteroatoms. The van der Waals surface area contributed by atoms with E-state index in [1.807, 2.05) is 33.2 Å². The van der Waals surface area contributed by atoms with Crippen molar-refractivity contribution in [2.24, 2.45) is 0 Å². The molecule has 4 nitrogen and oxygen atoms in total. The number of aryl methyl sites for hydroxylation is 1. The van der Waals surface area contributed by atoms with Crippen molar-refractivity contribution < 1.29 is 9.18 Å². The molecule has 1 amide bonds. The van der Waals surface area contributed by atoms with Crippen molar-refractivity contribution in [3.63, 3.8) is 0 Å². The zero-order valence-electron chi connectivity index (χ0n) is 16.2. The van der Waals surface area contributed by atoms with Crippen LogP contribution in [0.2, 0.25) is 5.02 Å². The molecule has 0 radical (unpaired) electrons. The van der Waals surface area contributed by atoms with E-state index in [9.17, 15) is 9.18 Å². The molecule has 0 spiro atoms. The molecule has 0 aliphatic rings. The Morgan fingerprint density at radius 2 is 1.86 bits per heavy atom. The van der Waals surface area contributed by atoms with E-state index in [1.165, 1.54) is 23.5 Å². The van der Waals surface area contributed by atoms with Crippen molar-refractivity contribution in [2.45, 2.75) is 19.8 Å². The molecule has 0 saturated heterocycles. The fourth-order valence-electron chi connectivity index (χ4n) is 2.95. The van der Waals surface area contributed by atoms with E-state index >= 15 is 0 Å². The minimum Gasteiger partial charge on any atom is -0.309 e. The normalized spacial score (nSPS) is 11.4. The van der Waals surface area contributed by atoms with E-state index < -0.39 is 0 Å². The first-order chi connectivity index (χ1) is 13.3. The number of carbonyl (C=O) groups excluding carboxylic acids is 1. The lowest BCUT2D eigenvalue weighted by atomic mass is 10.1. The van der Waals surface area contributed by atoms with Gasteiger partial charge in [-0.3, -0.25) is 9.69 Å². The summed E-state index contributed by atoms with van der Waals surface area (Å²) in [6, 6.07) is 9.84. The van der Waals surface area contributed by atoms with Gasteiger partial charge in [0.2, 0.25) is 5.91 Å². The predicted octanol–water partition coefficient (Wildman–Crippen LogP) is 4.92. The van der Waals surface area contributed by atoms with Crippen LogP contribution in [0, 0.1) is 12.7 Å². The van der Waals surface area contributed by atoms with Gasteiger partial charge in [0.25, 0.3) is 0 Å². The Hall–Kier alpha value is -2.02. The number of nitrogens with zero attached hydrogens (tertiary/aromatic N) is 3. The summed E-state index contributed by atoms with van der Waals surface area (Å²) in [6.45, 7) is 3.38. The van der Waals surface area contributed by atoms with Gasteiger partial charge in [0, 0.05) is 11.6 Å². The number of anilines is 1. The van der Waals surface area contributed by atoms with Gasteiger partial charge in [0.05, 0.1) is 16.6 Å². The van der Waals surface area contributed by atoms with Crippen LogP contribution < -0.4 is 4.90 Å². The molecule has 28 heavy (non-hydrogen) atoms. The smallest absolute Gasteiger partial charge is 0.233 e. The highest BCUT2D eigenvalue weighted by Crippen LogP contribution is 2.33. The number of rotatable bonds is 7. The Balaban J connectivity index is 1.88. The van der Waals surface area contributed by atoms with Crippen LogP contribution in [0.4, 0.5) is 9.52 Å². The zero-order chi connectivity index (χ0) is 20.3. The molecule has 2 aromatic carbocycles. The Morgan fingerprint density at radius 1 is 1.14 bits per heavy atom. The molecule has 0 bridgehead atoms. The molecule has 0 unspecified atom stereocenters. The molecule has 1 heterocycles. The Kier molecular flexibility index (Phi) is 6.65. The molecule has 3 aromatic rings. The van der Waals surface area contributed by atoms with Gasteiger partial charge in [0.15, 0.2) is 5.13 Å². The number of aromatic nitrogens is 1. The molecule has 3 rings (SSSR count). The third-order valence-corrected chi connectivity index (χ3v) is 5.98. The molecule has 0 atom stereocenters. The maximum Gasteiger partial charge on any atom is 0.233 e. The first-order valence-electron chi connectivity index (χ1n) is 9.10. The monoisotopic (exact) mass is 419 g/mol. The fraction of sp³-hybridized carbons (Fsp3) is 0.333. The van der Waals surface area contributed by atoms with E-state index in [1.54, 1.807) is 17.0 Å². The first-order valence-corrected chi connectivity index (χ1v) is 10.3. The second-order valence-corrected chi connectivity index (χ2v) is 8.44. The number of fused-ring (bicyclic) bond motifs is 1. The number of thiazole rings is 1. The lowest BCUT2D eigenvalue weighted by Gasteiger charge is -2.21. The van der Waals surface area contributed by atoms with Crippen molar-refractivity contribution in [3.05, 3.63) is 58.4 Å². The van der Waals surface area contributed by atoms with Gasteiger partial charge in [-0.15, -0.1) is 0 Å². The standard InChI is InChI=1S/C21H23ClFN3OS/c1-14-17(22)9-10-18-20(14)24-21(28-18)26(12-4-11-25(2)3)19(27)13-15-5-7-16(23)8-6-15/h5-10H,4,11-13H2,1-3H3. The summed E-state index contributed by atoms with van der Waals surface area (Å²) >= 11 is 7.72. The van der Waals surface area contributed by atoms with Gasteiger partial charge in [-0.25, -0.2) is 9.37 Å². The highest BCUT2D eigenvalue weighted by molar-refractivity contribution is 7.22. The second-order valence-electron chi connectivity index (χ2n) is 7.02. The summed E-state index contributed by atoms with van der Waals surface area (Å²) in [4.78, 5) is 21.6. The van der Waals surface area contributed by atoms with Gasteiger partial charge < -0.3 is 4.90 Å². The van der Waals surface area contributed by atoms with Crippen molar-refractivity contribution in [2.75, 3.05) is 32.1 Å². The highest BCUT2D eigenvalue weighted by Gasteiger charge is 2.21. The van der Waals surface area contributed by atoms with Crippen LogP contribution in [-0.2, 0) is 11.2 Å². The summed E-state index contributed by atoms with van der Waals surface area (Å²) in [6.07, 6.45) is 1.04. The molecule has 0 N–H and O–H groups in total. The summed E-state index contributed by atoms with van der Waals surface area (Å²) < 4.78 is 14.2. The molecule has 0 aliphatic carbocycles. The molecule has 148 valence electrons. The summed E-state index contributed by atoms with van der Waals surface area (Å²) in [5.74, 6) is -0.356. The van der Waals surface area contributed by atoms with Crippen LogP contribution in [0.25, 0.3) is 10.2 Å². The summed E-state index contributed by atoms with van der Waals surface area (Å²) in [7, 11) is 4.02. The number of amides is 1. The molecular formula is C21H23ClFN3OS. The minimum absolute atomic E-state index is 0.0480. The summed E-state index contributed by atoms with van der Waals surface area (Å²) in [5.41, 5.74) is 2.53. The SMILES string of the molecule is Cc1c(Cl)ccc2sc(N(CCCN(C)C)C(=O)Cc3ccc(F)cc3)nc12. The van der Waals surface area contributed by atoms with Gasteiger partial charge >= 0.3 is 0 Å². The van der Waals surface area contributed by atoms with Crippen molar-refractivity contribution in [3.8, 4) is 0 Å². The number of benzene rings is 2. The predicted molar refractivity (Wildman–Crippen MR) is 115 cm³/mol. The lowest BCUT2D eigenvalue weighted by Crippen LogP contribution is -2.34. The number of carbonyl (C=O) groups is 1. The van der Waals surface area contributed by atoms with E-state index in [2.05, 4.69) is 4.90 Å². The maximum absolute atomic E-state index is 13.2. The highest BCUT2D eigenvalue weighted by atomic mass is 35.5. The lowest BCUT2D eigenvalue weighted by molar-refractivity contribution is -0.118. The van der Waals surface area contributed by atoms with E-state index in [4.69, 9.17) is 16.6 Å². The van der Waals surface area contributed by atoms with Crippen LogP contribution >= 0.6 is 22.9 Å². The molecule has 0 saturated carbocycles. The number of halogens is 2. The fourth-order valence-corrected chi connectivity index (χ4v) is 4.17. The first kappa shape index (κ1) is 20.7. The average molecular weight is 420 g/mol. The van der Waals surface area contributed by atoms with Crippen molar-refractivity contribution in [1.29, 1.82) is 0 Å². The van der Waals surface area contributed by atoms with Gasteiger partial charge in [-0.2, -0.15) is 0 Å². The second kappa shape index (κ2) is 8.99. The Labute approximate surface area is 173 Å². The maximum atomic E-state index is 13.2. The minimum atomic E-state index is -0.308. The van der Waals surface area contributed by atoms with Crippen LogP contribution in [0.1, 0.15) is 17.5 Å². The third-order valence-electron chi connectivity index (χ3n) is 4.52. The van der Waals surface area contributed by atoms with Crippen molar-refractivity contribution in [1.82, 2.24) is 9.88 Å². The van der Waals surface area contributed by atoms with E-state index in [-0.39, 0.29) is 18.1 Å². The van der Waals surface area contributed by atoms with E-state index in [0.717, 1.165) is 34.3 Å². The van der Waals surface area contributed by atoms with Gasteiger partial charge in [-0.1, -0.05) is 35.1 Å². The van der Waals surface area contributed by atoms with Gasteiger partial charge in [-0.05, 0) is 69.4 Å². The Bertz CT molecular complexity index is 972. The summed E-state index contributed by atoms with van der Waals surface area (Å²) in [5, 5.41) is 1.34. The van der Waals surface area contributed by atoms with Crippen LogP contribution in [0.5, 0.6) is 0 Å². The average Bonchev–Trinajstić information content (AvgIpc) is 3.08. The molecular weight excluding hydrogens is 397 g/mol. The third kappa shape index (κ3) is 4.87. The number of hydrogen-bond donors (Lipinski definition) is 0. The van der Waals surface area contributed by atoms with Crippen LogP contribution in [0.3, 0.4) is 0 Å². The topological polar surface area (TPSA) is 36.4 Å². The Morgan fingerprint density at radius 3 is 2.54 bits per heavy atom.